The van der Waals surface area contributed by atoms with Gasteiger partial charge in [0.1, 0.15) is 0 Å². The molecule has 2 N–H and O–H groups in total. The average molecular weight is 229 g/mol. The zero-order valence-electron chi connectivity index (χ0n) is 11.0. The van der Waals surface area contributed by atoms with Crippen molar-refractivity contribution in [1.29, 1.82) is 0 Å². The number of likely N-dealkylation sites (N-methyl/N-ethyl adjacent to an activating group) is 1. The molecule has 0 heterocycles. The Morgan fingerprint density at radius 3 is 2.44 bits per heavy atom. The third-order valence-electron chi connectivity index (χ3n) is 2.52. The molecule has 0 saturated carbocycles. The summed E-state index contributed by atoms with van der Waals surface area (Å²) in [5, 5.41) is 6.08. The second-order valence-electron chi connectivity index (χ2n) is 3.89. The molecule has 0 unspecified atom stereocenters. The lowest BCUT2D eigenvalue weighted by atomic mass is 10.3. The predicted octanol–water partition coefficient (Wildman–Crippen LogP) is 0.834. The van der Waals surface area contributed by atoms with Crippen LogP contribution in [0.2, 0.25) is 0 Å². The van der Waals surface area contributed by atoms with Crippen LogP contribution in [0.1, 0.15) is 33.6 Å². The number of amides is 1. The van der Waals surface area contributed by atoms with Gasteiger partial charge in [-0.2, -0.15) is 0 Å². The molecule has 4 heteroatoms. The smallest absolute Gasteiger partial charge is 0.221 e. The van der Waals surface area contributed by atoms with Gasteiger partial charge in [-0.15, -0.1) is 0 Å². The Bertz CT molecular complexity index is 174. The SMILES string of the molecule is CCCN(CC)CCNC(=O)CCNCC. The largest absolute Gasteiger partial charge is 0.355 e. The van der Waals surface area contributed by atoms with Gasteiger partial charge in [0.25, 0.3) is 0 Å². The Hall–Kier alpha value is -0.610. The number of carbonyl (C=O) groups is 1. The summed E-state index contributed by atoms with van der Waals surface area (Å²) in [6.07, 6.45) is 1.75. The Labute approximate surface area is 99.8 Å². The van der Waals surface area contributed by atoms with Gasteiger partial charge in [0.05, 0.1) is 0 Å². The molecule has 0 spiro atoms. The van der Waals surface area contributed by atoms with Gasteiger partial charge in [0.2, 0.25) is 5.91 Å². The molecule has 0 fully saturated rings. The van der Waals surface area contributed by atoms with Crippen LogP contribution in [0.3, 0.4) is 0 Å². The van der Waals surface area contributed by atoms with Crippen LogP contribution in [-0.2, 0) is 4.79 Å². The van der Waals surface area contributed by atoms with Gasteiger partial charge in [-0.05, 0) is 26.1 Å². The van der Waals surface area contributed by atoms with E-state index >= 15 is 0 Å². The van der Waals surface area contributed by atoms with E-state index in [1.165, 1.54) is 6.42 Å². The lowest BCUT2D eigenvalue weighted by Crippen LogP contribution is -2.36. The first-order valence-electron chi connectivity index (χ1n) is 6.44. The highest BCUT2D eigenvalue weighted by Crippen LogP contribution is 1.89. The molecule has 0 aromatic carbocycles. The number of nitrogens with zero attached hydrogens (tertiary/aromatic N) is 1. The maximum atomic E-state index is 11.4. The van der Waals surface area contributed by atoms with Gasteiger partial charge in [0.15, 0.2) is 0 Å². The minimum Gasteiger partial charge on any atom is -0.355 e. The summed E-state index contributed by atoms with van der Waals surface area (Å²) in [4.78, 5) is 13.7. The van der Waals surface area contributed by atoms with Crippen LogP contribution >= 0.6 is 0 Å². The van der Waals surface area contributed by atoms with Gasteiger partial charge >= 0.3 is 0 Å². The average Bonchev–Trinajstić information content (AvgIpc) is 2.28. The van der Waals surface area contributed by atoms with Crippen LogP contribution in [-0.4, -0.2) is 50.1 Å². The molecule has 0 aliphatic rings. The van der Waals surface area contributed by atoms with Crippen molar-refractivity contribution in [2.24, 2.45) is 0 Å². The molecular formula is C12H27N3O. The van der Waals surface area contributed by atoms with Crippen molar-refractivity contribution >= 4 is 5.91 Å². The molecule has 0 aliphatic heterocycles. The third-order valence-corrected chi connectivity index (χ3v) is 2.52. The summed E-state index contributed by atoms with van der Waals surface area (Å²) in [5.41, 5.74) is 0. The number of hydrogen-bond acceptors (Lipinski definition) is 3. The summed E-state index contributed by atoms with van der Waals surface area (Å²) in [5.74, 6) is 0.147. The first kappa shape index (κ1) is 15.4. The van der Waals surface area contributed by atoms with E-state index in [0.29, 0.717) is 6.42 Å². The van der Waals surface area contributed by atoms with Crippen LogP contribution in [0, 0.1) is 0 Å². The highest BCUT2D eigenvalue weighted by Gasteiger charge is 2.02. The van der Waals surface area contributed by atoms with E-state index in [1.807, 2.05) is 6.92 Å². The van der Waals surface area contributed by atoms with Crippen LogP contribution in [0.4, 0.5) is 0 Å². The fourth-order valence-corrected chi connectivity index (χ4v) is 1.56. The van der Waals surface area contributed by atoms with E-state index in [2.05, 4.69) is 29.4 Å². The van der Waals surface area contributed by atoms with Gasteiger partial charge < -0.3 is 15.5 Å². The zero-order valence-corrected chi connectivity index (χ0v) is 11.0. The molecule has 4 nitrogen and oxygen atoms in total. The van der Waals surface area contributed by atoms with Crippen LogP contribution in [0.25, 0.3) is 0 Å². The van der Waals surface area contributed by atoms with Crippen molar-refractivity contribution in [1.82, 2.24) is 15.5 Å². The van der Waals surface area contributed by atoms with Crippen molar-refractivity contribution in [3.8, 4) is 0 Å². The second kappa shape index (κ2) is 10.9. The van der Waals surface area contributed by atoms with Gasteiger partial charge in [0, 0.05) is 26.1 Å². The molecule has 16 heavy (non-hydrogen) atoms. The molecule has 0 aromatic heterocycles. The minimum atomic E-state index is 0.147. The first-order chi connectivity index (χ1) is 7.74. The normalized spacial score (nSPS) is 10.8. The lowest BCUT2D eigenvalue weighted by molar-refractivity contribution is -0.121. The number of hydrogen-bond donors (Lipinski definition) is 2. The minimum absolute atomic E-state index is 0.147. The van der Waals surface area contributed by atoms with E-state index in [9.17, 15) is 4.79 Å². The Balaban J connectivity index is 3.44. The maximum absolute atomic E-state index is 11.4. The fraction of sp³-hybridized carbons (Fsp3) is 0.917. The fourth-order valence-electron chi connectivity index (χ4n) is 1.56. The first-order valence-corrected chi connectivity index (χ1v) is 6.44. The second-order valence-corrected chi connectivity index (χ2v) is 3.89. The molecule has 0 atom stereocenters. The molecular weight excluding hydrogens is 202 g/mol. The summed E-state index contributed by atoms with van der Waals surface area (Å²) in [6, 6.07) is 0. The van der Waals surface area contributed by atoms with Gasteiger partial charge in [-0.25, -0.2) is 0 Å². The Morgan fingerprint density at radius 1 is 1.12 bits per heavy atom. The molecule has 0 aliphatic carbocycles. The highest BCUT2D eigenvalue weighted by atomic mass is 16.1. The Morgan fingerprint density at radius 2 is 1.88 bits per heavy atom. The van der Waals surface area contributed by atoms with Gasteiger partial charge in [-0.1, -0.05) is 20.8 Å². The molecule has 1 amide bonds. The molecule has 0 bridgehead atoms. The van der Waals surface area contributed by atoms with E-state index in [4.69, 9.17) is 0 Å². The number of nitrogens with one attached hydrogen (secondary N) is 2. The van der Waals surface area contributed by atoms with E-state index < -0.39 is 0 Å². The zero-order chi connectivity index (χ0) is 12.2. The molecule has 0 radical (unpaired) electrons. The summed E-state index contributed by atoms with van der Waals surface area (Å²) in [7, 11) is 0. The monoisotopic (exact) mass is 229 g/mol. The Kier molecular flexibility index (Phi) is 10.5. The van der Waals surface area contributed by atoms with Crippen molar-refractivity contribution < 1.29 is 4.79 Å². The van der Waals surface area contributed by atoms with Crippen LogP contribution in [0.15, 0.2) is 0 Å². The maximum Gasteiger partial charge on any atom is 0.221 e. The molecule has 0 aromatic rings. The molecule has 0 saturated heterocycles. The van der Waals surface area contributed by atoms with Crippen molar-refractivity contribution in [2.75, 3.05) is 39.3 Å². The van der Waals surface area contributed by atoms with E-state index in [-0.39, 0.29) is 5.91 Å². The summed E-state index contributed by atoms with van der Waals surface area (Å²) in [6.45, 7) is 12.0. The van der Waals surface area contributed by atoms with Crippen LogP contribution in [0.5, 0.6) is 0 Å². The van der Waals surface area contributed by atoms with E-state index in [1.54, 1.807) is 0 Å². The molecule has 0 rings (SSSR count). The van der Waals surface area contributed by atoms with Crippen molar-refractivity contribution in [2.45, 2.75) is 33.6 Å². The van der Waals surface area contributed by atoms with Crippen molar-refractivity contribution in [3.05, 3.63) is 0 Å². The van der Waals surface area contributed by atoms with Crippen molar-refractivity contribution in [3.63, 3.8) is 0 Å². The quantitative estimate of drug-likeness (QED) is 0.546. The number of rotatable bonds is 10. The third kappa shape index (κ3) is 8.68. The van der Waals surface area contributed by atoms with Gasteiger partial charge in [-0.3, -0.25) is 4.79 Å². The topological polar surface area (TPSA) is 44.4 Å². The lowest BCUT2D eigenvalue weighted by Gasteiger charge is -2.19. The predicted molar refractivity (Wildman–Crippen MR) is 68.6 cm³/mol. The standard InChI is InChI=1S/C12H27N3O/c1-4-10-15(6-3)11-9-14-12(16)7-8-13-5-2/h13H,4-11H2,1-3H3,(H,14,16). The highest BCUT2D eigenvalue weighted by molar-refractivity contribution is 5.76. The van der Waals surface area contributed by atoms with Crippen LogP contribution < -0.4 is 10.6 Å². The van der Waals surface area contributed by atoms with E-state index in [0.717, 1.165) is 39.3 Å². The summed E-state index contributed by atoms with van der Waals surface area (Å²) < 4.78 is 0. The number of carbonyl (C=O) groups excluding carboxylic acids is 1. The molecule has 96 valence electrons. The summed E-state index contributed by atoms with van der Waals surface area (Å²) >= 11 is 0.